The molecule has 1 aromatic heterocycles. The molecule has 1 heterocycles. The molecular weight excluding hydrogens is 244 g/mol. The van der Waals surface area contributed by atoms with Crippen molar-refractivity contribution in [2.75, 3.05) is 7.11 Å². The average molecular weight is 258 g/mol. The smallest absolute Gasteiger partial charge is 0.243 e. The van der Waals surface area contributed by atoms with E-state index in [1.807, 2.05) is 24.3 Å². The van der Waals surface area contributed by atoms with Crippen LogP contribution in [0.2, 0.25) is 0 Å². The molecule has 2 rings (SSSR count). The monoisotopic (exact) mass is 258 g/mol. The van der Waals surface area contributed by atoms with Gasteiger partial charge in [-0.1, -0.05) is 23.9 Å². The third-order valence-electron chi connectivity index (χ3n) is 2.56. The van der Waals surface area contributed by atoms with Crippen LogP contribution >= 0.6 is 0 Å². The van der Waals surface area contributed by atoms with Crippen molar-refractivity contribution in [1.29, 1.82) is 0 Å². The number of hydrogen-bond donors (Lipinski definition) is 1. The molecule has 0 bridgehead atoms. The van der Waals surface area contributed by atoms with Gasteiger partial charge in [-0.3, -0.25) is 4.79 Å². The maximum absolute atomic E-state index is 11.1. The first-order valence-corrected chi connectivity index (χ1v) is 5.74. The van der Waals surface area contributed by atoms with Crippen LogP contribution < -0.4 is 10.1 Å². The number of para-hydroxylation sites is 1. The highest BCUT2D eigenvalue weighted by atomic mass is 16.5. The van der Waals surface area contributed by atoms with Crippen LogP contribution in [0.3, 0.4) is 0 Å². The third-order valence-corrected chi connectivity index (χ3v) is 2.56. The van der Waals surface area contributed by atoms with Gasteiger partial charge < -0.3 is 14.6 Å². The highest BCUT2D eigenvalue weighted by molar-refractivity contribution is 5.86. The molecule has 2 aromatic rings. The van der Waals surface area contributed by atoms with Gasteiger partial charge in [0.2, 0.25) is 5.91 Å². The van der Waals surface area contributed by atoms with Gasteiger partial charge in [-0.25, -0.2) is 0 Å². The zero-order valence-electron chi connectivity index (χ0n) is 10.6. The molecule has 0 radical (unpaired) electrons. The van der Waals surface area contributed by atoms with E-state index in [4.69, 9.17) is 9.26 Å². The predicted octanol–water partition coefficient (Wildman–Crippen LogP) is 2.15. The minimum absolute atomic E-state index is 0.254. The van der Waals surface area contributed by atoms with Crippen molar-refractivity contribution in [2.24, 2.45) is 0 Å². The maximum Gasteiger partial charge on any atom is 0.243 e. The fourth-order valence-corrected chi connectivity index (χ4v) is 1.63. The Hall–Kier alpha value is -2.56. The van der Waals surface area contributed by atoms with Crippen LogP contribution in [0.4, 0.5) is 0 Å². The van der Waals surface area contributed by atoms with Crippen LogP contribution in [0, 0.1) is 0 Å². The molecule has 0 spiro atoms. The maximum atomic E-state index is 11.1. The van der Waals surface area contributed by atoms with Gasteiger partial charge in [0.15, 0.2) is 5.76 Å². The Labute approximate surface area is 110 Å². The van der Waals surface area contributed by atoms with E-state index in [9.17, 15) is 4.79 Å². The zero-order valence-corrected chi connectivity index (χ0v) is 10.6. The Morgan fingerprint density at radius 1 is 1.53 bits per heavy atom. The molecule has 0 aliphatic heterocycles. The fourth-order valence-electron chi connectivity index (χ4n) is 1.63. The van der Waals surface area contributed by atoms with Gasteiger partial charge in [0.1, 0.15) is 11.4 Å². The molecule has 0 atom stereocenters. The molecule has 5 heteroatoms. The number of nitrogens with zero attached hydrogens (tertiary/aromatic N) is 1. The second-order valence-corrected chi connectivity index (χ2v) is 3.80. The van der Waals surface area contributed by atoms with E-state index in [1.165, 1.54) is 6.08 Å². The van der Waals surface area contributed by atoms with Crippen molar-refractivity contribution in [1.82, 2.24) is 10.5 Å². The summed E-state index contributed by atoms with van der Waals surface area (Å²) in [5.74, 6) is 1.03. The molecule has 0 aliphatic rings. The summed E-state index contributed by atoms with van der Waals surface area (Å²) in [7, 11) is 1.60. The van der Waals surface area contributed by atoms with E-state index in [2.05, 4.69) is 17.1 Å². The van der Waals surface area contributed by atoms with Crippen molar-refractivity contribution < 1.29 is 14.1 Å². The minimum atomic E-state index is -0.254. The molecule has 19 heavy (non-hydrogen) atoms. The lowest BCUT2D eigenvalue weighted by Gasteiger charge is -2.03. The van der Waals surface area contributed by atoms with Crippen molar-refractivity contribution in [3.05, 3.63) is 48.7 Å². The molecule has 1 N–H and O–H groups in total. The molecule has 0 unspecified atom stereocenters. The van der Waals surface area contributed by atoms with Gasteiger partial charge in [-0.05, 0) is 18.2 Å². The van der Waals surface area contributed by atoms with Gasteiger partial charge >= 0.3 is 0 Å². The molecule has 1 aromatic carbocycles. The van der Waals surface area contributed by atoms with Crippen LogP contribution in [0.5, 0.6) is 5.75 Å². The Bertz CT molecular complexity index is 590. The number of carbonyl (C=O) groups excluding carboxylic acids is 1. The number of aromatic nitrogens is 1. The topological polar surface area (TPSA) is 64.4 Å². The highest BCUT2D eigenvalue weighted by Gasteiger charge is 2.11. The average Bonchev–Trinajstić information content (AvgIpc) is 2.93. The summed E-state index contributed by atoms with van der Waals surface area (Å²) >= 11 is 0. The summed E-state index contributed by atoms with van der Waals surface area (Å²) in [5.41, 5.74) is 1.51. The van der Waals surface area contributed by atoms with Crippen LogP contribution in [0.25, 0.3) is 11.3 Å². The van der Waals surface area contributed by atoms with Gasteiger partial charge in [-0.15, -0.1) is 0 Å². The minimum Gasteiger partial charge on any atom is -0.496 e. The van der Waals surface area contributed by atoms with Gasteiger partial charge in [0, 0.05) is 11.6 Å². The van der Waals surface area contributed by atoms with Crippen molar-refractivity contribution in [3.63, 3.8) is 0 Å². The lowest BCUT2D eigenvalue weighted by Crippen LogP contribution is -2.19. The van der Waals surface area contributed by atoms with Crippen LogP contribution in [-0.2, 0) is 11.3 Å². The first-order valence-electron chi connectivity index (χ1n) is 5.74. The van der Waals surface area contributed by atoms with Crippen LogP contribution in [0.15, 0.2) is 47.5 Å². The number of benzene rings is 1. The summed E-state index contributed by atoms with van der Waals surface area (Å²) in [6.45, 7) is 3.64. The summed E-state index contributed by atoms with van der Waals surface area (Å²) in [6, 6.07) is 9.28. The molecule has 1 amide bonds. The largest absolute Gasteiger partial charge is 0.496 e. The van der Waals surface area contributed by atoms with Crippen molar-refractivity contribution >= 4 is 5.91 Å². The number of methoxy groups -OCH3 is 1. The van der Waals surface area contributed by atoms with Gasteiger partial charge in [0.25, 0.3) is 0 Å². The molecule has 98 valence electrons. The van der Waals surface area contributed by atoms with E-state index in [-0.39, 0.29) is 12.5 Å². The van der Waals surface area contributed by atoms with E-state index < -0.39 is 0 Å². The van der Waals surface area contributed by atoms with Gasteiger partial charge in [0.05, 0.1) is 13.7 Å². The van der Waals surface area contributed by atoms with E-state index in [0.717, 1.165) is 11.3 Å². The lowest BCUT2D eigenvalue weighted by atomic mass is 10.1. The number of amides is 1. The number of ether oxygens (including phenoxy) is 1. The molecule has 5 nitrogen and oxygen atoms in total. The Morgan fingerprint density at radius 3 is 3.05 bits per heavy atom. The first kappa shape index (κ1) is 12.9. The van der Waals surface area contributed by atoms with E-state index >= 15 is 0 Å². The molecular formula is C14H14N2O3. The van der Waals surface area contributed by atoms with Gasteiger partial charge in [-0.2, -0.15) is 0 Å². The highest BCUT2D eigenvalue weighted by Crippen LogP contribution is 2.28. The summed E-state index contributed by atoms with van der Waals surface area (Å²) in [4.78, 5) is 11.1. The summed E-state index contributed by atoms with van der Waals surface area (Å²) in [6.07, 6.45) is 1.21. The second kappa shape index (κ2) is 5.86. The SMILES string of the molecule is C=CC(=O)NCc1cc(-c2ccccc2OC)no1. The number of hydrogen-bond acceptors (Lipinski definition) is 4. The number of carbonyl (C=O) groups is 1. The Balaban J connectivity index is 2.16. The summed E-state index contributed by atoms with van der Waals surface area (Å²) in [5, 5.41) is 6.59. The van der Waals surface area contributed by atoms with Crippen molar-refractivity contribution in [2.45, 2.75) is 6.54 Å². The van der Waals surface area contributed by atoms with Crippen LogP contribution in [-0.4, -0.2) is 18.2 Å². The van der Waals surface area contributed by atoms with E-state index in [0.29, 0.717) is 11.5 Å². The molecule has 0 fully saturated rings. The quantitative estimate of drug-likeness (QED) is 0.835. The molecule has 0 aliphatic carbocycles. The lowest BCUT2D eigenvalue weighted by molar-refractivity contribution is -0.116. The Kier molecular flexibility index (Phi) is 3.97. The number of rotatable bonds is 5. The number of nitrogens with one attached hydrogen (secondary N) is 1. The molecule has 0 saturated heterocycles. The Morgan fingerprint density at radius 2 is 2.32 bits per heavy atom. The van der Waals surface area contributed by atoms with Crippen LogP contribution in [0.1, 0.15) is 5.76 Å². The zero-order chi connectivity index (χ0) is 13.7. The molecule has 0 saturated carbocycles. The third kappa shape index (κ3) is 3.01. The standard InChI is InChI=1S/C14H14N2O3/c1-3-14(17)15-9-10-8-12(16-19-10)11-6-4-5-7-13(11)18-2/h3-8H,1,9H2,2H3,(H,15,17). The van der Waals surface area contributed by atoms with E-state index in [1.54, 1.807) is 13.2 Å². The van der Waals surface area contributed by atoms with Crippen molar-refractivity contribution in [3.8, 4) is 17.0 Å². The second-order valence-electron chi connectivity index (χ2n) is 3.80. The normalized spacial score (nSPS) is 9.95. The fraction of sp³-hybridized carbons (Fsp3) is 0.143. The predicted molar refractivity (Wildman–Crippen MR) is 70.5 cm³/mol. The first-order chi connectivity index (χ1) is 9.24. The summed E-state index contributed by atoms with van der Waals surface area (Å²) < 4.78 is 10.4.